The van der Waals surface area contributed by atoms with Crippen LogP contribution in [0.4, 0.5) is 0 Å². The van der Waals surface area contributed by atoms with Crippen molar-refractivity contribution in [1.82, 2.24) is 24.6 Å². The lowest BCUT2D eigenvalue weighted by Gasteiger charge is -2.38. The summed E-state index contributed by atoms with van der Waals surface area (Å²) in [5.41, 5.74) is 1.09. The molecule has 1 saturated heterocycles. The summed E-state index contributed by atoms with van der Waals surface area (Å²) in [5.74, 6) is 0.781. The molecular formula is C13H20ClN5. The Bertz CT molecular complexity index is 498. The van der Waals surface area contributed by atoms with Gasteiger partial charge in [-0.2, -0.15) is 0 Å². The fourth-order valence-electron chi connectivity index (χ4n) is 2.62. The summed E-state index contributed by atoms with van der Waals surface area (Å²) in [4.78, 5) is 11.3. The van der Waals surface area contributed by atoms with Gasteiger partial charge in [-0.1, -0.05) is 0 Å². The highest BCUT2D eigenvalue weighted by molar-refractivity contribution is 5.85. The molecule has 0 aliphatic carbocycles. The number of imidazole rings is 1. The maximum atomic E-state index is 4.57. The number of hydrogen-bond acceptors (Lipinski definition) is 4. The van der Waals surface area contributed by atoms with Gasteiger partial charge in [0, 0.05) is 50.3 Å². The zero-order chi connectivity index (χ0) is 12.5. The van der Waals surface area contributed by atoms with E-state index in [2.05, 4.69) is 40.2 Å². The van der Waals surface area contributed by atoms with Crippen LogP contribution in [0.15, 0.2) is 24.7 Å². The topological polar surface area (TPSA) is 45.5 Å². The van der Waals surface area contributed by atoms with Gasteiger partial charge in [0.15, 0.2) is 0 Å². The minimum Gasteiger partial charge on any atom is -0.314 e. The van der Waals surface area contributed by atoms with Crippen LogP contribution in [-0.2, 0) is 6.54 Å². The normalized spacial score (nSPS) is 24.3. The summed E-state index contributed by atoms with van der Waals surface area (Å²) in [7, 11) is 0. The highest BCUT2D eigenvalue weighted by atomic mass is 35.5. The first-order valence-corrected chi connectivity index (χ1v) is 6.49. The third-order valence-electron chi connectivity index (χ3n) is 3.64. The first kappa shape index (κ1) is 14.2. The third kappa shape index (κ3) is 2.88. The van der Waals surface area contributed by atoms with Gasteiger partial charge in [0.25, 0.3) is 0 Å². The number of aromatic nitrogens is 3. The number of piperazine rings is 1. The number of nitrogens with one attached hydrogen (secondary N) is 1. The zero-order valence-electron chi connectivity index (χ0n) is 11.3. The molecule has 19 heavy (non-hydrogen) atoms. The lowest BCUT2D eigenvalue weighted by molar-refractivity contribution is 0.107. The van der Waals surface area contributed by atoms with Crippen molar-refractivity contribution in [2.24, 2.45) is 0 Å². The quantitative estimate of drug-likeness (QED) is 0.902. The Morgan fingerprint density at radius 2 is 2.05 bits per heavy atom. The second-order valence-electron chi connectivity index (χ2n) is 5.09. The van der Waals surface area contributed by atoms with E-state index in [0.29, 0.717) is 12.1 Å². The summed E-state index contributed by atoms with van der Waals surface area (Å²) < 4.78 is 1.98. The fourth-order valence-corrected chi connectivity index (χ4v) is 2.62. The van der Waals surface area contributed by atoms with Crippen molar-refractivity contribution in [3.05, 3.63) is 30.4 Å². The molecule has 1 aliphatic rings. The average Bonchev–Trinajstić information content (AvgIpc) is 2.76. The number of rotatable bonds is 2. The molecule has 0 bridgehead atoms. The van der Waals surface area contributed by atoms with E-state index in [0.717, 1.165) is 31.1 Å². The Labute approximate surface area is 119 Å². The van der Waals surface area contributed by atoms with Crippen LogP contribution in [0.2, 0.25) is 0 Å². The van der Waals surface area contributed by atoms with E-state index in [4.69, 9.17) is 0 Å². The van der Waals surface area contributed by atoms with Crippen molar-refractivity contribution in [1.29, 1.82) is 0 Å². The molecule has 6 heteroatoms. The van der Waals surface area contributed by atoms with Crippen LogP contribution in [0.3, 0.4) is 0 Å². The predicted molar refractivity (Wildman–Crippen MR) is 77.6 cm³/mol. The molecule has 2 aromatic heterocycles. The van der Waals surface area contributed by atoms with E-state index in [1.807, 2.05) is 16.7 Å². The van der Waals surface area contributed by atoms with Gasteiger partial charge in [-0.15, -0.1) is 12.4 Å². The van der Waals surface area contributed by atoms with E-state index in [1.54, 1.807) is 6.20 Å². The molecule has 0 saturated carbocycles. The van der Waals surface area contributed by atoms with Crippen molar-refractivity contribution < 1.29 is 0 Å². The Balaban J connectivity index is 0.00000133. The minimum atomic E-state index is 0. The van der Waals surface area contributed by atoms with Crippen LogP contribution >= 0.6 is 12.4 Å². The molecule has 0 amide bonds. The van der Waals surface area contributed by atoms with Gasteiger partial charge < -0.3 is 5.32 Å². The number of nitrogens with zero attached hydrogens (tertiary/aromatic N) is 4. The van der Waals surface area contributed by atoms with Crippen LogP contribution in [-0.4, -0.2) is 44.4 Å². The van der Waals surface area contributed by atoms with Crippen molar-refractivity contribution in [3.8, 4) is 0 Å². The van der Waals surface area contributed by atoms with Gasteiger partial charge in [-0.3, -0.25) is 9.30 Å². The van der Waals surface area contributed by atoms with Crippen molar-refractivity contribution in [3.63, 3.8) is 0 Å². The molecule has 3 rings (SSSR count). The molecule has 3 heterocycles. The van der Waals surface area contributed by atoms with E-state index in [9.17, 15) is 0 Å². The van der Waals surface area contributed by atoms with E-state index < -0.39 is 0 Å². The largest absolute Gasteiger partial charge is 0.314 e. The van der Waals surface area contributed by atoms with Gasteiger partial charge in [-0.05, 0) is 19.9 Å². The molecule has 0 unspecified atom stereocenters. The second-order valence-corrected chi connectivity index (χ2v) is 5.09. The number of fused-ring (bicyclic) bond motifs is 1. The maximum absolute atomic E-state index is 4.57. The van der Waals surface area contributed by atoms with Gasteiger partial charge in [0.2, 0.25) is 5.78 Å². The molecular weight excluding hydrogens is 262 g/mol. The van der Waals surface area contributed by atoms with Crippen molar-refractivity contribution in [2.75, 3.05) is 13.1 Å². The third-order valence-corrected chi connectivity index (χ3v) is 3.64. The van der Waals surface area contributed by atoms with E-state index >= 15 is 0 Å². The summed E-state index contributed by atoms with van der Waals surface area (Å²) in [6.45, 7) is 7.52. The zero-order valence-corrected chi connectivity index (χ0v) is 12.1. The Morgan fingerprint density at radius 1 is 1.32 bits per heavy atom. The Kier molecular flexibility index (Phi) is 4.39. The summed E-state index contributed by atoms with van der Waals surface area (Å²) >= 11 is 0. The highest BCUT2D eigenvalue weighted by Gasteiger charge is 2.24. The lowest BCUT2D eigenvalue weighted by atomic mass is 10.1. The van der Waals surface area contributed by atoms with Crippen LogP contribution < -0.4 is 5.32 Å². The molecule has 0 radical (unpaired) electrons. The van der Waals surface area contributed by atoms with Crippen LogP contribution in [0.1, 0.15) is 19.5 Å². The standard InChI is InChI=1S/C13H19N5.ClH/c1-10-6-14-7-11(2)18(10)9-12-8-17-5-3-4-15-13(17)16-12;/h3-5,8,10-11,14H,6-7,9H2,1-2H3;1H/t10-,11+;. The molecule has 2 atom stereocenters. The lowest BCUT2D eigenvalue weighted by Crippen LogP contribution is -2.54. The molecule has 5 nitrogen and oxygen atoms in total. The highest BCUT2D eigenvalue weighted by Crippen LogP contribution is 2.14. The van der Waals surface area contributed by atoms with Crippen molar-refractivity contribution in [2.45, 2.75) is 32.5 Å². The summed E-state index contributed by atoms with van der Waals surface area (Å²) in [6.07, 6.45) is 5.84. The molecule has 2 aromatic rings. The first-order chi connectivity index (χ1) is 8.74. The van der Waals surface area contributed by atoms with Crippen LogP contribution in [0, 0.1) is 0 Å². The van der Waals surface area contributed by atoms with Crippen molar-refractivity contribution >= 4 is 18.2 Å². The minimum absolute atomic E-state index is 0. The number of hydrogen-bond donors (Lipinski definition) is 1. The molecule has 0 aromatic carbocycles. The van der Waals surface area contributed by atoms with Gasteiger partial charge >= 0.3 is 0 Å². The Morgan fingerprint density at radius 3 is 2.74 bits per heavy atom. The van der Waals surface area contributed by atoms with Crippen LogP contribution in [0.5, 0.6) is 0 Å². The molecule has 1 fully saturated rings. The first-order valence-electron chi connectivity index (χ1n) is 6.49. The average molecular weight is 282 g/mol. The van der Waals surface area contributed by atoms with Gasteiger partial charge in [-0.25, -0.2) is 9.97 Å². The van der Waals surface area contributed by atoms with E-state index in [1.165, 1.54) is 0 Å². The van der Waals surface area contributed by atoms with Gasteiger partial charge in [0.05, 0.1) is 5.69 Å². The molecule has 1 aliphatic heterocycles. The molecule has 1 N–H and O–H groups in total. The number of halogens is 1. The summed E-state index contributed by atoms with van der Waals surface area (Å²) in [6, 6.07) is 3.02. The monoisotopic (exact) mass is 281 g/mol. The Hall–Kier alpha value is -1.17. The predicted octanol–water partition coefficient (Wildman–Crippen LogP) is 1.33. The van der Waals surface area contributed by atoms with Gasteiger partial charge in [0.1, 0.15) is 0 Å². The smallest absolute Gasteiger partial charge is 0.233 e. The molecule has 104 valence electrons. The molecule has 0 spiro atoms. The second kappa shape index (κ2) is 5.86. The van der Waals surface area contributed by atoms with Crippen LogP contribution in [0.25, 0.3) is 5.78 Å². The maximum Gasteiger partial charge on any atom is 0.233 e. The SMILES string of the molecule is C[C@@H]1CNC[C@H](C)N1Cc1cn2cccnc2n1.Cl. The van der Waals surface area contributed by atoms with E-state index in [-0.39, 0.29) is 12.4 Å². The fraction of sp³-hybridized carbons (Fsp3) is 0.538. The summed E-state index contributed by atoms with van der Waals surface area (Å²) in [5, 5.41) is 3.45.